The van der Waals surface area contributed by atoms with E-state index in [0.717, 1.165) is 55.5 Å². The lowest BCUT2D eigenvalue weighted by Gasteiger charge is -2.37. The molecule has 2 aromatic rings. The molecule has 0 amide bonds. The Labute approximate surface area is 157 Å². The molecule has 2 aliphatic heterocycles. The molecule has 0 aliphatic carbocycles. The van der Waals surface area contributed by atoms with E-state index in [4.69, 9.17) is 0 Å². The van der Waals surface area contributed by atoms with Crippen molar-refractivity contribution in [2.75, 3.05) is 54.0 Å². The van der Waals surface area contributed by atoms with E-state index in [1.54, 1.807) is 13.4 Å². The van der Waals surface area contributed by atoms with Crippen LogP contribution in [-0.4, -0.2) is 58.4 Å². The summed E-state index contributed by atoms with van der Waals surface area (Å²) >= 11 is 0. The molecule has 0 atom stereocenters. The fourth-order valence-electron chi connectivity index (χ4n) is 3.82. The predicted octanol–water partition coefficient (Wildman–Crippen LogP) is -0.199. The highest BCUT2D eigenvalue weighted by Gasteiger charge is 2.22. The number of rotatable bonds is 3. The second-order valence-electron chi connectivity index (χ2n) is 7.14. The number of anilines is 3. The summed E-state index contributed by atoms with van der Waals surface area (Å²) in [7, 11) is 3.20. The molecule has 0 N–H and O–H groups in total. The molecule has 144 valence electrons. The van der Waals surface area contributed by atoms with Gasteiger partial charge in [0.15, 0.2) is 0 Å². The topological polar surface area (TPSA) is 79.5 Å². The van der Waals surface area contributed by atoms with E-state index < -0.39 is 0 Å². The minimum Gasteiger partial charge on any atom is -0.356 e. The Balaban J connectivity index is 1.49. The molecule has 2 fully saturated rings. The van der Waals surface area contributed by atoms with E-state index in [1.165, 1.54) is 30.5 Å². The maximum atomic E-state index is 12.2. The predicted molar refractivity (Wildman–Crippen MR) is 105 cm³/mol. The van der Waals surface area contributed by atoms with Gasteiger partial charge in [-0.25, -0.2) is 14.8 Å². The average molecular weight is 371 g/mol. The van der Waals surface area contributed by atoms with Gasteiger partial charge in [-0.2, -0.15) is 0 Å². The summed E-state index contributed by atoms with van der Waals surface area (Å²) in [6.45, 7) is 5.12. The van der Waals surface area contributed by atoms with Crippen LogP contribution in [0.25, 0.3) is 0 Å². The highest BCUT2D eigenvalue weighted by Crippen LogP contribution is 2.23. The van der Waals surface area contributed by atoms with Crippen molar-refractivity contribution in [1.82, 2.24) is 19.1 Å². The van der Waals surface area contributed by atoms with Crippen LogP contribution in [0.15, 0.2) is 28.0 Å². The van der Waals surface area contributed by atoms with Crippen molar-refractivity contribution >= 4 is 17.5 Å². The summed E-state index contributed by atoms with van der Waals surface area (Å²) in [6.07, 6.45) is 4.07. The van der Waals surface area contributed by atoms with Crippen LogP contribution < -0.4 is 25.9 Å². The van der Waals surface area contributed by atoms with Crippen LogP contribution in [0.4, 0.5) is 17.5 Å². The first-order valence-corrected chi connectivity index (χ1v) is 9.38. The molecule has 2 aliphatic rings. The Kier molecular flexibility index (Phi) is 4.59. The van der Waals surface area contributed by atoms with Gasteiger partial charge in [0.25, 0.3) is 5.56 Å². The third kappa shape index (κ3) is 3.29. The summed E-state index contributed by atoms with van der Waals surface area (Å²) in [5.41, 5.74) is -0.576. The molecule has 0 aromatic carbocycles. The van der Waals surface area contributed by atoms with Gasteiger partial charge in [0.2, 0.25) is 0 Å². The maximum absolute atomic E-state index is 12.2. The van der Waals surface area contributed by atoms with Gasteiger partial charge < -0.3 is 14.7 Å². The molecule has 4 heterocycles. The maximum Gasteiger partial charge on any atom is 0.332 e. The summed E-state index contributed by atoms with van der Waals surface area (Å²) in [5, 5.41) is 0. The molecular weight excluding hydrogens is 346 g/mol. The Bertz CT molecular complexity index is 937. The van der Waals surface area contributed by atoms with Crippen molar-refractivity contribution in [2.24, 2.45) is 14.1 Å². The quantitative estimate of drug-likeness (QED) is 0.739. The minimum atomic E-state index is -0.300. The number of hydrogen-bond donors (Lipinski definition) is 0. The normalized spacial score (nSPS) is 17.6. The number of aromatic nitrogens is 4. The largest absolute Gasteiger partial charge is 0.356 e. The highest BCUT2D eigenvalue weighted by atomic mass is 16.2. The Morgan fingerprint density at radius 2 is 1.30 bits per heavy atom. The van der Waals surface area contributed by atoms with Gasteiger partial charge in [-0.3, -0.25) is 13.9 Å². The van der Waals surface area contributed by atoms with Gasteiger partial charge in [0.05, 0.1) is 0 Å². The Hall–Kier alpha value is -2.84. The highest BCUT2D eigenvalue weighted by molar-refractivity contribution is 5.52. The average Bonchev–Trinajstić information content (AvgIpc) is 3.24. The van der Waals surface area contributed by atoms with Crippen LogP contribution >= 0.6 is 0 Å². The van der Waals surface area contributed by atoms with E-state index in [9.17, 15) is 9.59 Å². The van der Waals surface area contributed by atoms with Gasteiger partial charge >= 0.3 is 5.69 Å². The monoisotopic (exact) mass is 371 g/mol. The van der Waals surface area contributed by atoms with Crippen molar-refractivity contribution in [3.05, 3.63) is 39.3 Å². The second-order valence-corrected chi connectivity index (χ2v) is 7.14. The number of piperazine rings is 1. The third-order valence-corrected chi connectivity index (χ3v) is 5.50. The van der Waals surface area contributed by atoms with E-state index >= 15 is 0 Å². The zero-order chi connectivity index (χ0) is 19.0. The van der Waals surface area contributed by atoms with E-state index in [0.29, 0.717) is 5.82 Å². The number of nitrogens with zero attached hydrogens (tertiary/aromatic N) is 7. The van der Waals surface area contributed by atoms with Crippen LogP contribution in [-0.2, 0) is 14.1 Å². The Morgan fingerprint density at radius 1 is 0.741 bits per heavy atom. The van der Waals surface area contributed by atoms with Crippen molar-refractivity contribution < 1.29 is 0 Å². The molecule has 2 saturated heterocycles. The summed E-state index contributed by atoms with van der Waals surface area (Å²) in [4.78, 5) is 39.7. The summed E-state index contributed by atoms with van der Waals surface area (Å²) in [6, 6.07) is 3.60. The smallest absolute Gasteiger partial charge is 0.332 e. The molecule has 27 heavy (non-hydrogen) atoms. The van der Waals surface area contributed by atoms with Crippen molar-refractivity contribution in [2.45, 2.75) is 12.8 Å². The van der Waals surface area contributed by atoms with Crippen molar-refractivity contribution in [1.29, 1.82) is 0 Å². The second kappa shape index (κ2) is 7.05. The van der Waals surface area contributed by atoms with E-state index in [1.807, 2.05) is 0 Å². The first kappa shape index (κ1) is 17.6. The summed E-state index contributed by atoms with van der Waals surface area (Å²) < 4.78 is 2.66. The Morgan fingerprint density at radius 3 is 1.93 bits per heavy atom. The van der Waals surface area contributed by atoms with Gasteiger partial charge in [-0.1, -0.05) is 0 Å². The van der Waals surface area contributed by atoms with Gasteiger partial charge in [0, 0.05) is 65.5 Å². The molecule has 0 radical (unpaired) electrons. The molecule has 9 heteroatoms. The summed E-state index contributed by atoms with van der Waals surface area (Å²) in [5.74, 6) is 2.60. The standard InChI is InChI=1S/C18H25N7O2/c1-21-16(12-17(26)22(2)18(21)27)25-9-7-24(8-10-25)15-11-14(19-13-20-15)23-5-3-4-6-23/h11-13H,3-10H2,1-2H3. The molecule has 0 spiro atoms. The molecule has 0 bridgehead atoms. The molecule has 0 saturated carbocycles. The van der Waals surface area contributed by atoms with Gasteiger partial charge in [0.1, 0.15) is 23.8 Å². The molecule has 4 rings (SSSR count). The van der Waals surface area contributed by atoms with E-state index in [-0.39, 0.29) is 11.2 Å². The first-order valence-electron chi connectivity index (χ1n) is 9.38. The van der Waals surface area contributed by atoms with Crippen LogP contribution in [0.5, 0.6) is 0 Å². The molecular formula is C18H25N7O2. The zero-order valence-corrected chi connectivity index (χ0v) is 15.8. The third-order valence-electron chi connectivity index (χ3n) is 5.50. The van der Waals surface area contributed by atoms with Crippen LogP contribution in [0.2, 0.25) is 0 Å². The van der Waals surface area contributed by atoms with Crippen molar-refractivity contribution in [3.8, 4) is 0 Å². The SMILES string of the molecule is Cn1c(N2CCN(c3cc(N4CCCC4)ncn3)CC2)cc(=O)n(C)c1=O. The lowest BCUT2D eigenvalue weighted by Crippen LogP contribution is -2.49. The first-order chi connectivity index (χ1) is 13.0. The van der Waals surface area contributed by atoms with Crippen LogP contribution in [0, 0.1) is 0 Å². The minimum absolute atomic E-state index is 0.276. The lowest BCUT2D eigenvalue weighted by molar-refractivity contribution is 0.607. The van der Waals surface area contributed by atoms with E-state index in [2.05, 4.69) is 30.7 Å². The molecule has 2 aromatic heterocycles. The van der Waals surface area contributed by atoms with Crippen molar-refractivity contribution in [3.63, 3.8) is 0 Å². The fraction of sp³-hybridized carbons (Fsp3) is 0.556. The van der Waals surface area contributed by atoms with Gasteiger partial charge in [-0.05, 0) is 12.8 Å². The van der Waals surface area contributed by atoms with Gasteiger partial charge in [-0.15, -0.1) is 0 Å². The van der Waals surface area contributed by atoms with Crippen LogP contribution in [0.1, 0.15) is 12.8 Å². The fourth-order valence-corrected chi connectivity index (χ4v) is 3.82. The zero-order valence-electron chi connectivity index (χ0n) is 15.8. The number of hydrogen-bond acceptors (Lipinski definition) is 7. The lowest BCUT2D eigenvalue weighted by atomic mass is 10.3. The molecule has 0 unspecified atom stereocenters. The molecule has 9 nitrogen and oxygen atoms in total. The van der Waals surface area contributed by atoms with Crippen LogP contribution in [0.3, 0.4) is 0 Å².